The molecule has 1 aromatic carbocycles. The summed E-state index contributed by atoms with van der Waals surface area (Å²) in [7, 11) is 0. The van der Waals surface area contributed by atoms with E-state index in [1.807, 2.05) is 0 Å². The van der Waals surface area contributed by atoms with E-state index < -0.39 is 0 Å². The number of nitrogens with one attached hydrogen (secondary N) is 1. The van der Waals surface area contributed by atoms with E-state index in [1.165, 1.54) is 11.1 Å². The van der Waals surface area contributed by atoms with Crippen LogP contribution < -0.4 is 5.32 Å². The van der Waals surface area contributed by atoms with Crippen molar-refractivity contribution in [3.05, 3.63) is 47.5 Å². The van der Waals surface area contributed by atoms with Crippen molar-refractivity contribution in [3.8, 4) is 0 Å². The number of benzene rings is 1. The molecular formula is C17H24N4. The lowest BCUT2D eigenvalue weighted by molar-refractivity contribution is 0.263. The Bertz CT molecular complexity index is 611. The smallest absolute Gasteiger partial charge is 0.138 e. The third-order valence-corrected chi connectivity index (χ3v) is 4.37. The Hall–Kier alpha value is -1.68. The number of hydrogen-bond donors (Lipinski definition) is 1. The molecule has 2 heterocycles. The molecule has 4 nitrogen and oxygen atoms in total. The summed E-state index contributed by atoms with van der Waals surface area (Å²) in [5, 5.41) is 7.84. The molecule has 3 rings (SSSR count). The van der Waals surface area contributed by atoms with E-state index >= 15 is 0 Å². The quantitative estimate of drug-likeness (QED) is 0.916. The predicted molar refractivity (Wildman–Crippen MR) is 84.3 cm³/mol. The summed E-state index contributed by atoms with van der Waals surface area (Å²) < 4.78 is 2.07. The molecule has 0 spiro atoms. The molecule has 1 N–H and O–H groups in total. The van der Waals surface area contributed by atoms with Gasteiger partial charge in [0.05, 0.1) is 0 Å². The molecule has 1 aliphatic rings. The van der Waals surface area contributed by atoms with Crippen LogP contribution in [0.4, 0.5) is 0 Å². The highest BCUT2D eigenvalue weighted by Gasteiger charge is 2.40. The zero-order valence-electron chi connectivity index (χ0n) is 13.1. The molecular weight excluding hydrogens is 260 g/mol. The minimum Gasteiger partial charge on any atom is -0.315 e. The maximum atomic E-state index is 4.52. The van der Waals surface area contributed by atoms with Crippen molar-refractivity contribution in [1.82, 2.24) is 20.1 Å². The molecule has 0 atom stereocenters. The van der Waals surface area contributed by atoms with E-state index in [0.717, 1.165) is 31.9 Å². The first-order valence-electron chi connectivity index (χ1n) is 7.74. The molecule has 0 saturated carbocycles. The second-order valence-corrected chi connectivity index (χ2v) is 6.63. The van der Waals surface area contributed by atoms with Gasteiger partial charge in [-0.1, -0.05) is 38.1 Å². The van der Waals surface area contributed by atoms with Crippen LogP contribution in [-0.4, -0.2) is 27.9 Å². The topological polar surface area (TPSA) is 42.7 Å². The first kappa shape index (κ1) is 14.3. The standard InChI is InChI=1S/C17H24N4/c1-13(2)9-21-16(19-12-20-21)8-17(10-18-11-17)15-7-5-4-6-14(15)3/h4-7,12-13,18H,8-11H2,1-3H3. The summed E-state index contributed by atoms with van der Waals surface area (Å²) >= 11 is 0. The molecule has 0 radical (unpaired) electrons. The van der Waals surface area contributed by atoms with Gasteiger partial charge in [0, 0.05) is 31.5 Å². The van der Waals surface area contributed by atoms with E-state index in [4.69, 9.17) is 0 Å². The fourth-order valence-electron chi connectivity index (χ4n) is 3.23. The lowest BCUT2D eigenvalue weighted by atomic mass is 9.71. The number of aryl methyl sites for hydroxylation is 1. The predicted octanol–water partition coefficient (Wildman–Crippen LogP) is 2.33. The first-order valence-corrected chi connectivity index (χ1v) is 7.74. The SMILES string of the molecule is Cc1ccccc1C1(Cc2ncnn2CC(C)C)CNC1. The molecule has 21 heavy (non-hydrogen) atoms. The van der Waals surface area contributed by atoms with Crippen LogP contribution in [0.1, 0.15) is 30.8 Å². The zero-order valence-corrected chi connectivity index (χ0v) is 13.1. The maximum Gasteiger partial charge on any atom is 0.138 e. The monoisotopic (exact) mass is 284 g/mol. The minimum atomic E-state index is 0.174. The van der Waals surface area contributed by atoms with Crippen LogP contribution in [0, 0.1) is 12.8 Å². The average Bonchev–Trinajstić information content (AvgIpc) is 2.81. The molecule has 4 heteroatoms. The van der Waals surface area contributed by atoms with Crippen LogP contribution >= 0.6 is 0 Å². The minimum absolute atomic E-state index is 0.174. The summed E-state index contributed by atoms with van der Waals surface area (Å²) in [6.07, 6.45) is 2.65. The van der Waals surface area contributed by atoms with E-state index in [2.05, 4.69) is 65.1 Å². The van der Waals surface area contributed by atoms with Gasteiger partial charge < -0.3 is 5.32 Å². The van der Waals surface area contributed by atoms with Gasteiger partial charge in [-0.25, -0.2) is 9.67 Å². The lowest BCUT2D eigenvalue weighted by Crippen LogP contribution is -2.58. The van der Waals surface area contributed by atoms with Gasteiger partial charge in [-0.2, -0.15) is 5.10 Å². The number of rotatable bonds is 5. The van der Waals surface area contributed by atoms with Crippen molar-refractivity contribution in [2.24, 2.45) is 5.92 Å². The number of aromatic nitrogens is 3. The van der Waals surface area contributed by atoms with Crippen LogP contribution in [-0.2, 0) is 18.4 Å². The second-order valence-electron chi connectivity index (χ2n) is 6.63. The third kappa shape index (κ3) is 2.72. The van der Waals surface area contributed by atoms with Crippen molar-refractivity contribution >= 4 is 0 Å². The Labute approximate surface area is 126 Å². The summed E-state index contributed by atoms with van der Waals surface area (Å²) in [4.78, 5) is 4.52. The maximum absolute atomic E-state index is 4.52. The second kappa shape index (κ2) is 5.60. The van der Waals surface area contributed by atoms with Gasteiger partial charge >= 0.3 is 0 Å². The van der Waals surface area contributed by atoms with Crippen LogP contribution in [0.25, 0.3) is 0 Å². The molecule has 1 aromatic heterocycles. The Morgan fingerprint density at radius 1 is 1.29 bits per heavy atom. The molecule has 1 aliphatic heterocycles. The van der Waals surface area contributed by atoms with Gasteiger partial charge in [0.15, 0.2) is 0 Å². The highest BCUT2D eigenvalue weighted by molar-refractivity contribution is 5.37. The normalized spacial score (nSPS) is 17.0. The van der Waals surface area contributed by atoms with Gasteiger partial charge in [-0.15, -0.1) is 0 Å². The van der Waals surface area contributed by atoms with Gasteiger partial charge in [0.2, 0.25) is 0 Å². The number of nitrogens with zero attached hydrogens (tertiary/aromatic N) is 3. The van der Waals surface area contributed by atoms with E-state index in [1.54, 1.807) is 6.33 Å². The van der Waals surface area contributed by atoms with Crippen LogP contribution in [0.2, 0.25) is 0 Å². The highest BCUT2D eigenvalue weighted by Crippen LogP contribution is 2.34. The van der Waals surface area contributed by atoms with Crippen molar-refractivity contribution in [2.75, 3.05) is 13.1 Å². The average molecular weight is 284 g/mol. The summed E-state index contributed by atoms with van der Waals surface area (Å²) in [6, 6.07) is 8.72. The van der Waals surface area contributed by atoms with Crippen molar-refractivity contribution < 1.29 is 0 Å². The largest absolute Gasteiger partial charge is 0.315 e. The van der Waals surface area contributed by atoms with Crippen LogP contribution in [0.15, 0.2) is 30.6 Å². The van der Waals surface area contributed by atoms with Gasteiger partial charge in [-0.3, -0.25) is 0 Å². The lowest BCUT2D eigenvalue weighted by Gasteiger charge is -2.44. The van der Waals surface area contributed by atoms with E-state index in [-0.39, 0.29) is 5.41 Å². The highest BCUT2D eigenvalue weighted by atomic mass is 15.3. The Morgan fingerprint density at radius 2 is 2.05 bits per heavy atom. The molecule has 1 fully saturated rings. The fourth-order valence-corrected chi connectivity index (χ4v) is 3.23. The Kier molecular flexibility index (Phi) is 3.81. The summed E-state index contributed by atoms with van der Waals surface area (Å²) in [6.45, 7) is 9.61. The van der Waals surface area contributed by atoms with E-state index in [9.17, 15) is 0 Å². The molecule has 0 bridgehead atoms. The van der Waals surface area contributed by atoms with E-state index in [0.29, 0.717) is 5.92 Å². The molecule has 112 valence electrons. The summed E-state index contributed by atoms with van der Waals surface area (Å²) in [5.41, 5.74) is 2.99. The zero-order chi connectivity index (χ0) is 14.9. The van der Waals surface area contributed by atoms with Crippen molar-refractivity contribution in [1.29, 1.82) is 0 Å². The molecule has 2 aromatic rings. The summed E-state index contributed by atoms with van der Waals surface area (Å²) in [5.74, 6) is 1.69. The third-order valence-electron chi connectivity index (χ3n) is 4.37. The van der Waals surface area contributed by atoms with Gasteiger partial charge in [-0.05, 0) is 24.0 Å². The van der Waals surface area contributed by atoms with Gasteiger partial charge in [0.25, 0.3) is 0 Å². The van der Waals surface area contributed by atoms with Gasteiger partial charge in [0.1, 0.15) is 12.2 Å². The Balaban J connectivity index is 1.89. The first-order chi connectivity index (χ1) is 10.1. The van der Waals surface area contributed by atoms with Crippen LogP contribution in [0.5, 0.6) is 0 Å². The Morgan fingerprint density at radius 3 is 2.67 bits per heavy atom. The molecule has 1 saturated heterocycles. The molecule has 0 unspecified atom stereocenters. The van der Waals surface area contributed by atoms with Crippen molar-refractivity contribution in [2.45, 2.75) is 39.2 Å². The van der Waals surface area contributed by atoms with Crippen LogP contribution in [0.3, 0.4) is 0 Å². The van der Waals surface area contributed by atoms with Crippen molar-refractivity contribution in [3.63, 3.8) is 0 Å². The molecule has 0 aliphatic carbocycles. The molecule has 0 amide bonds. The number of hydrogen-bond acceptors (Lipinski definition) is 3. The fraction of sp³-hybridized carbons (Fsp3) is 0.529.